The van der Waals surface area contributed by atoms with Gasteiger partial charge in [-0.3, -0.25) is 37.3 Å². The summed E-state index contributed by atoms with van der Waals surface area (Å²) in [6.07, 6.45) is 70.5. The minimum Gasteiger partial charge on any atom is -0.462 e. The lowest BCUT2D eigenvalue weighted by atomic mass is 10.0. The molecule has 100 heavy (non-hydrogen) atoms. The first-order valence-electron chi connectivity index (χ1n) is 41.6. The van der Waals surface area contributed by atoms with E-state index in [0.717, 1.165) is 116 Å². The number of hydrogen-bond donors (Lipinski definition) is 3. The molecule has 0 rings (SSSR count). The lowest BCUT2D eigenvalue weighted by Gasteiger charge is -2.21. The van der Waals surface area contributed by atoms with Gasteiger partial charge < -0.3 is 33.8 Å². The number of phosphoric ester groups is 2. The zero-order chi connectivity index (χ0) is 73.2. The van der Waals surface area contributed by atoms with E-state index in [4.69, 9.17) is 37.0 Å². The SMILES string of the molecule is CCCCCC/C=C\C=C/CCCCCCCC(=O)O[C@H](COC(=O)CCCCCCCCC)COP(=O)(O)OC[C@H](O)COP(=O)(O)OC[C@@H](COC(=O)CCCCCCCCCCCCCCCCCC)OC(=O)CCCCCCCCCCCCCCCCCCCCCCCC. The van der Waals surface area contributed by atoms with E-state index >= 15 is 0 Å². The number of carbonyl (C=O) groups excluding carboxylic acids is 4. The van der Waals surface area contributed by atoms with Crippen LogP contribution in [0.5, 0.6) is 0 Å². The number of unbranched alkanes of at least 4 members (excludes halogenated alkanes) is 51. The number of allylic oxidation sites excluding steroid dienone is 4. The van der Waals surface area contributed by atoms with Gasteiger partial charge in [-0.25, -0.2) is 9.13 Å². The van der Waals surface area contributed by atoms with Crippen LogP contribution < -0.4 is 0 Å². The molecule has 0 spiro atoms. The van der Waals surface area contributed by atoms with Gasteiger partial charge in [0.05, 0.1) is 26.4 Å². The van der Waals surface area contributed by atoms with E-state index in [9.17, 15) is 43.2 Å². The van der Waals surface area contributed by atoms with Crippen LogP contribution >= 0.6 is 15.6 Å². The van der Waals surface area contributed by atoms with E-state index in [1.807, 2.05) is 0 Å². The van der Waals surface area contributed by atoms with Gasteiger partial charge in [0.2, 0.25) is 0 Å². The third-order valence-corrected chi connectivity index (χ3v) is 20.4. The van der Waals surface area contributed by atoms with Crippen LogP contribution in [0.15, 0.2) is 24.3 Å². The summed E-state index contributed by atoms with van der Waals surface area (Å²) in [6, 6.07) is 0. The number of aliphatic hydroxyl groups is 1. The predicted octanol–water partition coefficient (Wildman–Crippen LogP) is 24.1. The fraction of sp³-hybridized carbons (Fsp3) is 0.901. The highest BCUT2D eigenvalue weighted by molar-refractivity contribution is 7.47. The number of phosphoric acid groups is 2. The Morgan fingerprint density at radius 3 is 0.730 bits per heavy atom. The lowest BCUT2D eigenvalue weighted by Crippen LogP contribution is -2.30. The average Bonchev–Trinajstić information content (AvgIpc) is 1.06. The molecule has 0 aromatic rings. The van der Waals surface area contributed by atoms with Crippen molar-refractivity contribution >= 4 is 39.5 Å². The molecule has 0 aliphatic carbocycles. The smallest absolute Gasteiger partial charge is 0.462 e. The number of ether oxygens (including phenoxy) is 4. The van der Waals surface area contributed by atoms with E-state index in [-0.39, 0.29) is 25.7 Å². The van der Waals surface area contributed by atoms with Crippen molar-refractivity contribution in [2.45, 2.75) is 431 Å². The summed E-state index contributed by atoms with van der Waals surface area (Å²) in [7, 11) is -9.92. The normalized spacial score (nSPS) is 13.9. The molecule has 0 fully saturated rings. The molecule has 0 heterocycles. The molecule has 0 aromatic carbocycles. The Balaban J connectivity index is 5.18. The summed E-state index contributed by atoms with van der Waals surface area (Å²) in [6.45, 7) is 4.91. The molecule has 0 saturated carbocycles. The molecular formula is C81H154O17P2. The summed E-state index contributed by atoms with van der Waals surface area (Å²) in [4.78, 5) is 72.8. The van der Waals surface area contributed by atoms with Crippen LogP contribution in [0.4, 0.5) is 0 Å². The van der Waals surface area contributed by atoms with E-state index in [0.29, 0.717) is 25.7 Å². The fourth-order valence-electron chi connectivity index (χ4n) is 12.1. The number of aliphatic hydroxyl groups excluding tert-OH is 1. The summed E-state index contributed by atoms with van der Waals surface area (Å²) in [5.74, 6) is -2.14. The molecule has 5 atom stereocenters. The summed E-state index contributed by atoms with van der Waals surface area (Å²) in [5, 5.41) is 10.6. The van der Waals surface area contributed by atoms with Crippen LogP contribution in [-0.4, -0.2) is 96.7 Å². The minimum absolute atomic E-state index is 0.0853. The second-order valence-corrected chi connectivity index (χ2v) is 31.4. The van der Waals surface area contributed by atoms with Crippen molar-refractivity contribution in [3.8, 4) is 0 Å². The van der Waals surface area contributed by atoms with Crippen LogP contribution in [0.25, 0.3) is 0 Å². The molecule has 2 unspecified atom stereocenters. The maximum absolute atomic E-state index is 13.1. The van der Waals surface area contributed by atoms with Gasteiger partial charge in [0, 0.05) is 25.7 Å². The van der Waals surface area contributed by atoms with Gasteiger partial charge in [-0.05, 0) is 51.4 Å². The largest absolute Gasteiger partial charge is 0.472 e. The first kappa shape index (κ1) is 97.5. The Kier molecular flexibility index (Phi) is 73.0. The Hall–Kier alpha value is -2.46. The molecule has 0 aliphatic heterocycles. The highest BCUT2D eigenvalue weighted by atomic mass is 31.2. The number of carbonyl (C=O) groups is 4. The average molecular weight is 1460 g/mol. The zero-order valence-electron chi connectivity index (χ0n) is 64.7. The van der Waals surface area contributed by atoms with Gasteiger partial charge in [0.25, 0.3) is 0 Å². The topological polar surface area (TPSA) is 237 Å². The van der Waals surface area contributed by atoms with E-state index in [1.54, 1.807) is 0 Å². The van der Waals surface area contributed by atoms with Crippen molar-refractivity contribution in [1.29, 1.82) is 0 Å². The highest BCUT2D eigenvalue weighted by Gasteiger charge is 2.30. The standard InChI is InChI=1S/C81H154O17P2/c1-5-9-13-17-21-24-27-30-33-35-36-37-38-39-40-43-46-49-52-56-60-64-68-81(86)98-77(72-92-79(84)66-62-58-54-50-47-44-42-34-31-28-25-22-18-14-10-6-2)74-96-100(89,90)94-70-75(82)69-93-99(87,88)95-73-76(71-91-78(83)65-61-57-53-20-16-12-8-4)97-80(85)67-63-59-55-51-48-45-41-32-29-26-23-19-15-11-7-3/h26,29,32,41,75-77,82H,5-25,27-28,30-31,33-40,42-74H2,1-4H3,(H,87,88)(H,89,90)/b29-26-,41-32-/t75-,76+,77+/m0/s1. The maximum atomic E-state index is 13.1. The van der Waals surface area contributed by atoms with Crippen molar-refractivity contribution in [3.05, 3.63) is 24.3 Å². The monoisotopic (exact) mass is 1460 g/mol. The van der Waals surface area contributed by atoms with Gasteiger partial charge in [-0.15, -0.1) is 0 Å². The quantitative estimate of drug-likeness (QED) is 0.0169. The predicted molar refractivity (Wildman–Crippen MR) is 409 cm³/mol. The lowest BCUT2D eigenvalue weighted by molar-refractivity contribution is -0.161. The van der Waals surface area contributed by atoms with Gasteiger partial charge in [-0.2, -0.15) is 0 Å². The fourth-order valence-corrected chi connectivity index (χ4v) is 13.7. The van der Waals surface area contributed by atoms with Crippen LogP contribution in [0, 0.1) is 0 Å². The number of esters is 4. The number of rotatable bonds is 80. The van der Waals surface area contributed by atoms with Gasteiger partial charge in [0.15, 0.2) is 12.2 Å². The van der Waals surface area contributed by atoms with Crippen molar-refractivity contribution in [2.75, 3.05) is 39.6 Å². The molecule has 0 aliphatic rings. The Bertz CT molecular complexity index is 1990. The van der Waals surface area contributed by atoms with Crippen LogP contribution in [0.3, 0.4) is 0 Å². The van der Waals surface area contributed by atoms with Crippen molar-refractivity contribution in [1.82, 2.24) is 0 Å². The summed E-state index contributed by atoms with van der Waals surface area (Å²) in [5.41, 5.74) is 0. The minimum atomic E-state index is -4.96. The van der Waals surface area contributed by atoms with Gasteiger partial charge in [-0.1, -0.05) is 360 Å². The Labute approximate surface area is 612 Å². The van der Waals surface area contributed by atoms with E-state index in [2.05, 4.69) is 52.0 Å². The molecule has 590 valence electrons. The number of hydrogen-bond acceptors (Lipinski definition) is 15. The summed E-state index contributed by atoms with van der Waals surface area (Å²) >= 11 is 0. The molecule has 0 bridgehead atoms. The molecule has 17 nitrogen and oxygen atoms in total. The molecule has 0 aromatic heterocycles. The van der Waals surface area contributed by atoms with Crippen molar-refractivity contribution < 1.29 is 80.2 Å². The van der Waals surface area contributed by atoms with E-state index in [1.165, 1.54) is 218 Å². The zero-order valence-corrected chi connectivity index (χ0v) is 66.5. The maximum Gasteiger partial charge on any atom is 0.472 e. The van der Waals surface area contributed by atoms with Crippen molar-refractivity contribution in [2.24, 2.45) is 0 Å². The van der Waals surface area contributed by atoms with Crippen LogP contribution in [0.1, 0.15) is 413 Å². The van der Waals surface area contributed by atoms with Crippen LogP contribution in [0.2, 0.25) is 0 Å². The molecule has 19 heteroatoms. The van der Waals surface area contributed by atoms with Gasteiger partial charge in [0.1, 0.15) is 19.3 Å². The molecule has 0 amide bonds. The second-order valence-electron chi connectivity index (χ2n) is 28.5. The van der Waals surface area contributed by atoms with Crippen LogP contribution in [-0.2, 0) is 65.4 Å². The highest BCUT2D eigenvalue weighted by Crippen LogP contribution is 2.45. The molecule has 0 radical (unpaired) electrons. The third kappa shape index (κ3) is 73.8. The first-order valence-corrected chi connectivity index (χ1v) is 44.6. The first-order chi connectivity index (χ1) is 48.7. The van der Waals surface area contributed by atoms with Crippen molar-refractivity contribution in [3.63, 3.8) is 0 Å². The summed E-state index contributed by atoms with van der Waals surface area (Å²) < 4.78 is 68.5. The molecule has 3 N–H and O–H groups in total. The third-order valence-electron chi connectivity index (χ3n) is 18.5. The second kappa shape index (κ2) is 74.8. The molecular weight excluding hydrogens is 1310 g/mol. The van der Waals surface area contributed by atoms with Gasteiger partial charge >= 0.3 is 39.5 Å². The van der Waals surface area contributed by atoms with E-state index < -0.39 is 97.5 Å². The Morgan fingerprint density at radius 2 is 0.480 bits per heavy atom. The molecule has 0 saturated heterocycles. The Morgan fingerprint density at radius 1 is 0.280 bits per heavy atom.